The van der Waals surface area contributed by atoms with Crippen molar-refractivity contribution >= 4 is 11.6 Å². The first-order valence-electron chi connectivity index (χ1n) is 7.00. The van der Waals surface area contributed by atoms with E-state index in [2.05, 4.69) is 15.3 Å². The van der Waals surface area contributed by atoms with Crippen LogP contribution in [0.25, 0.3) is 5.65 Å². The van der Waals surface area contributed by atoms with E-state index in [0.29, 0.717) is 23.9 Å². The molecule has 1 N–H and O–H groups in total. The molecule has 6 nitrogen and oxygen atoms in total. The highest BCUT2D eigenvalue weighted by Gasteiger charge is 2.18. The van der Waals surface area contributed by atoms with Crippen LogP contribution in [0.3, 0.4) is 0 Å². The normalized spacial score (nSPS) is 16.4. The van der Waals surface area contributed by atoms with Crippen molar-refractivity contribution in [2.75, 3.05) is 19.7 Å². The molecule has 3 rings (SSSR count). The van der Waals surface area contributed by atoms with E-state index in [9.17, 15) is 4.79 Å². The summed E-state index contributed by atoms with van der Waals surface area (Å²) in [4.78, 5) is 20.4. The molecule has 2 aromatic rings. The molecule has 0 radical (unpaired) electrons. The van der Waals surface area contributed by atoms with Crippen LogP contribution in [-0.2, 0) is 4.74 Å². The van der Waals surface area contributed by atoms with Crippen molar-refractivity contribution in [2.45, 2.75) is 25.7 Å². The molecule has 0 aliphatic carbocycles. The fraction of sp³-hybridized carbons (Fsp3) is 0.500. The second kappa shape index (κ2) is 5.58. The first-order valence-corrected chi connectivity index (χ1v) is 7.00. The fourth-order valence-electron chi connectivity index (χ4n) is 2.55. The number of nitrogens with one attached hydrogen (secondary N) is 1. The zero-order chi connectivity index (χ0) is 13.9. The average Bonchev–Trinajstić information content (AvgIpc) is 2.91. The third-order valence-electron chi connectivity index (χ3n) is 3.60. The standard InChI is InChI=1S/C14H18N4O2/c1-2-20-14(19)12-9-18-8-11(16-7-13(18)17-12)10-3-5-15-6-4-10/h7-10,15H,2-6H2,1H3. The van der Waals surface area contributed by atoms with Gasteiger partial charge >= 0.3 is 5.97 Å². The predicted molar refractivity (Wildman–Crippen MR) is 73.8 cm³/mol. The number of esters is 1. The Morgan fingerprint density at radius 1 is 1.45 bits per heavy atom. The number of fused-ring (bicyclic) bond motifs is 1. The smallest absolute Gasteiger partial charge is 0.358 e. The summed E-state index contributed by atoms with van der Waals surface area (Å²) < 4.78 is 6.82. The van der Waals surface area contributed by atoms with Gasteiger partial charge in [-0.15, -0.1) is 0 Å². The number of carbonyl (C=O) groups excluding carboxylic acids is 1. The molecule has 3 heterocycles. The third-order valence-corrected chi connectivity index (χ3v) is 3.60. The van der Waals surface area contributed by atoms with Gasteiger partial charge in [-0.25, -0.2) is 9.78 Å². The lowest BCUT2D eigenvalue weighted by Crippen LogP contribution is -2.27. The van der Waals surface area contributed by atoms with E-state index < -0.39 is 0 Å². The molecular formula is C14H18N4O2. The number of ether oxygens (including phenoxy) is 1. The Hall–Kier alpha value is -1.95. The Balaban J connectivity index is 1.88. The maximum absolute atomic E-state index is 11.7. The van der Waals surface area contributed by atoms with Crippen molar-refractivity contribution in [2.24, 2.45) is 0 Å². The lowest BCUT2D eigenvalue weighted by atomic mass is 9.95. The SMILES string of the molecule is CCOC(=O)c1cn2cc(C3CCNCC3)ncc2n1. The maximum atomic E-state index is 11.7. The van der Waals surface area contributed by atoms with Crippen LogP contribution >= 0.6 is 0 Å². The van der Waals surface area contributed by atoms with E-state index >= 15 is 0 Å². The molecule has 0 saturated carbocycles. The van der Waals surface area contributed by atoms with Gasteiger partial charge in [0, 0.05) is 18.3 Å². The second-order valence-corrected chi connectivity index (χ2v) is 4.95. The van der Waals surface area contributed by atoms with E-state index in [-0.39, 0.29) is 5.97 Å². The number of hydrogen-bond acceptors (Lipinski definition) is 5. The number of hydrogen-bond donors (Lipinski definition) is 1. The molecule has 0 atom stereocenters. The molecule has 1 fully saturated rings. The van der Waals surface area contributed by atoms with E-state index in [0.717, 1.165) is 31.6 Å². The summed E-state index contributed by atoms with van der Waals surface area (Å²) in [6.45, 7) is 4.19. The van der Waals surface area contributed by atoms with Crippen LogP contribution in [0.2, 0.25) is 0 Å². The van der Waals surface area contributed by atoms with E-state index in [1.165, 1.54) is 0 Å². The summed E-state index contributed by atoms with van der Waals surface area (Å²) in [6, 6.07) is 0. The Bertz CT molecular complexity index is 617. The third kappa shape index (κ3) is 2.51. The monoisotopic (exact) mass is 274 g/mol. The van der Waals surface area contributed by atoms with Gasteiger partial charge in [0.05, 0.1) is 18.5 Å². The first kappa shape index (κ1) is 13.1. The molecule has 1 aliphatic rings. The van der Waals surface area contributed by atoms with Crippen molar-refractivity contribution in [1.29, 1.82) is 0 Å². The zero-order valence-electron chi connectivity index (χ0n) is 11.5. The highest BCUT2D eigenvalue weighted by molar-refractivity contribution is 5.87. The maximum Gasteiger partial charge on any atom is 0.358 e. The molecule has 0 aromatic carbocycles. The van der Waals surface area contributed by atoms with Gasteiger partial charge in [-0.1, -0.05) is 0 Å². The Morgan fingerprint density at radius 3 is 3.00 bits per heavy atom. The minimum absolute atomic E-state index is 0.330. The van der Waals surface area contributed by atoms with Crippen LogP contribution in [0.4, 0.5) is 0 Å². The van der Waals surface area contributed by atoms with Crippen LogP contribution in [0, 0.1) is 0 Å². The minimum Gasteiger partial charge on any atom is -0.461 e. The number of nitrogens with zero attached hydrogens (tertiary/aromatic N) is 3. The molecule has 2 aromatic heterocycles. The van der Waals surface area contributed by atoms with Gasteiger partial charge in [0.1, 0.15) is 0 Å². The highest BCUT2D eigenvalue weighted by atomic mass is 16.5. The van der Waals surface area contributed by atoms with Gasteiger partial charge in [0.2, 0.25) is 0 Å². The lowest BCUT2D eigenvalue weighted by molar-refractivity contribution is 0.0520. The van der Waals surface area contributed by atoms with Gasteiger partial charge in [-0.2, -0.15) is 0 Å². The summed E-state index contributed by atoms with van der Waals surface area (Å²) in [7, 11) is 0. The molecule has 1 aliphatic heterocycles. The van der Waals surface area contributed by atoms with E-state index in [1.54, 1.807) is 19.3 Å². The molecule has 106 valence electrons. The minimum atomic E-state index is -0.389. The van der Waals surface area contributed by atoms with Crippen molar-refractivity contribution < 1.29 is 9.53 Å². The molecule has 0 amide bonds. The number of imidazole rings is 1. The van der Waals surface area contributed by atoms with Crippen LogP contribution < -0.4 is 5.32 Å². The average molecular weight is 274 g/mol. The van der Waals surface area contributed by atoms with Crippen LogP contribution in [-0.4, -0.2) is 40.0 Å². The van der Waals surface area contributed by atoms with Gasteiger partial charge in [-0.05, 0) is 32.9 Å². The predicted octanol–water partition coefficient (Wildman–Crippen LogP) is 1.37. The quantitative estimate of drug-likeness (QED) is 0.856. The van der Waals surface area contributed by atoms with Crippen molar-refractivity contribution in [1.82, 2.24) is 19.7 Å². The van der Waals surface area contributed by atoms with Gasteiger partial charge in [0.25, 0.3) is 0 Å². The second-order valence-electron chi connectivity index (χ2n) is 4.95. The number of piperidine rings is 1. The van der Waals surface area contributed by atoms with E-state index in [4.69, 9.17) is 4.74 Å². The number of aromatic nitrogens is 3. The van der Waals surface area contributed by atoms with Crippen LogP contribution in [0.5, 0.6) is 0 Å². The Morgan fingerprint density at radius 2 is 2.25 bits per heavy atom. The molecule has 20 heavy (non-hydrogen) atoms. The van der Waals surface area contributed by atoms with Crippen molar-refractivity contribution in [3.05, 3.63) is 30.0 Å². The summed E-state index contributed by atoms with van der Waals surface area (Å²) in [6.07, 6.45) is 7.59. The summed E-state index contributed by atoms with van der Waals surface area (Å²) >= 11 is 0. The van der Waals surface area contributed by atoms with Crippen LogP contribution in [0.15, 0.2) is 18.6 Å². The molecule has 0 bridgehead atoms. The molecule has 0 spiro atoms. The van der Waals surface area contributed by atoms with Crippen molar-refractivity contribution in [3.8, 4) is 0 Å². The van der Waals surface area contributed by atoms with E-state index in [1.807, 2.05) is 10.6 Å². The molecule has 1 saturated heterocycles. The summed E-state index contributed by atoms with van der Waals surface area (Å²) in [5.74, 6) is 0.0914. The zero-order valence-corrected chi connectivity index (χ0v) is 11.5. The summed E-state index contributed by atoms with van der Waals surface area (Å²) in [5.41, 5.74) is 2.06. The Kier molecular flexibility index (Phi) is 3.64. The van der Waals surface area contributed by atoms with Gasteiger partial charge < -0.3 is 14.5 Å². The molecular weight excluding hydrogens is 256 g/mol. The number of rotatable bonds is 3. The van der Waals surface area contributed by atoms with Crippen LogP contribution in [0.1, 0.15) is 41.9 Å². The fourth-order valence-corrected chi connectivity index (χ4v) is 2.55. The molecule has 0 unspecified atom stereocenters. The van der Waals surface area contributed by atoms with Gasteiger partial charge in [-0.3, -0.25) is 4.98 Å². The summed E-state index contributed by atoms with van der Waals surface area (Å²) in [5, 5.41) is 3.35. The number of carbonyl (C=O) groups is 1. The topological polar surface area (TPSA) is 68.5 Å². The van der Waals surface area contributed by atoms with Crippen molar-refractivity contribution in [3.63, 3.8) is 0 Å². The van der Waals surface area contributed by atoms with Gasteiger partial charge in [0.15, 0.2) is 11.3 Å². The Labute approximate surface area is 117 Å². The highest BCUT2D eigenvalue weighted by Crippen LogP contribution is 2.23. The largest absolute Gasteiger partial charge is 0.461 e. The first-order chi connectivity index (χ1) is 9.78. The molecule has 6 heteroatoms. The lowest BCUT2D eigenvalue weighted by Gasteiger charge is -2.21.